The Hall–Kier alpha value is -0.280. The lowest BCUT2D eigenvalue weighted by atomic mass is 9.92. The third-order valence-corrected chi connectivity index (χ3v) is 3.68. The molecule has 1 rings (SSSR count). The third-order valence-electron chi connectivity index (χ3n) is 3.68. The molecule has 0 amide bonds. The Labute approximate surface area is 112 Å². The maximum Gasteiger partial charge on any atom is 0.136 e. The van der Waals surface area contributed by atoms with Gasteiger partial charge in [0.15, 0.2) is 0 Å². The van der Waals surface area contributed by atoms with Crippen LogP contribution < -0.4 is 0 Å². The molecule has 5 atom stereocenters. The Morgan fingerprint density at radius 1 is 0.737 bits per heavy atom. The van der Waals surface area contributed by atoms with Gasteiger partial charge in [-0.1, -0.05) is 12.8 Å². The largest absolute Gasteiger partial charge is 0.396 e. The van der Waals surface area contributed by atoms with Crippen molar-refractivity contribution in [2.24, 2.45) is 0 Å². The minimum Gasteiger partial charge on any atom is -0.396 e. The zero-order valence-electron chi connectivity index (χ0n) is 11.0. The summed E-state index contributed by atoms with van der Waals surface area (Å²) in [6.45, 7) is 0.145. The van der Waals surface area contributed by atoms with Gasteiger partial charge in [0, 0.05) is 13.2 Å². The van der Waals surface area contributed by atoms with E-state index in [1.54, 1.807) is 0 Å². The molecule has 0 spiro atoms. The molecule has 0 bridgehead atoms. The van der Waals surface area contributed by atoms with Crippen LogP contribution in [0.1, 0.15) is 25.7 Å². The predicted molar refractivity (Wildman–Crippen MR) is 67.2 cm³/mol. The Morgan fingerprint density at radius 3 is 1.95 bits per heavy atom. The topological polar surface area (TPSA) is 125 Å². The molecule has 1 heterocycles. The first-order valence-corrected chi connectivity index (χ1v) is 6.74. The number of hydrogen-bond donors (Lipinski definition) is 6. The Kier molecular flexibility index (Phi) is 7.16. The van der Waals surface area contributed by atoms with Crippen molar-refractivity contribution in [2.75, 3.05) is 19.8 Å². The Bertz CT molecular complexity index is 254. The number of hydrogen-bond acceptors (Lipinski definition) is 7. The van der Waals surface area contributed by atoms with E-state index in [0.29, 0.717) is 13.0 Å². The monoisotopic (exact) mass is 279 g/mol. The molecule has 1 unspecified atom stereocenters. The van der Waals surface area contributed by atoms with Gasteiger partial charge in [0.05, 0.1) is 12.6 Å². The molecule has 1 aliphatic rings. The number of aliphatic hydroxyl groups excluding tert-OH is 6. The van der Waals surface area contributed by atoms with Crippen LogP contribution in [0.2, 0.25) is 0 Å². The van der Waals surface area contributed by atoms with Gasteiger partial charge in [-0.05, 0) is 12.8 Å². The van der Waals surface area contributed by atoms with Crippen molar-refractivity contribution in [2.45, 2.75) is 56.3 Å². The quantitative estimate of drug-likeness (QED) is 0.287. The molecule has 1 aliphatic heterocycles. The number of aliphatic hydroxyl groups is 6. The molecular formula is C12H25NO6. The summed E-state index contributed by atoms with van der Waals surface area (Å²) in [5, 5.41) is 56.8. The minimum atomic E-state index is -1.46. The highest BCUT2D eigenvalue weighted by atomic mass is 16.4. The van der Waals surface area contributed by atoms with Crippen molar-refractivity contribution >= 4 is 0 Å². The highest BCUT2D eigenvalue weighted by Crippen LogP contribution is 2.23. The second-order valence-electron chi connectivity index (χ2n) is 5.01. The van der Waals surface area contributed by atoms with Gasteiger partial charge in [-0.15, -0.1) is 0 Å². The number of piperidine rings is 1. The van der Waals surface area contributed by atoms with Crippen molar-refractivity contribution in [3.8, 4) is 0 Å². The van der Waals surface area contributed by atoms with E-state index in [1.807, 2.05) is 0 Å². The summed E-state index contributed by atoms with van der Waals surface area (Å²) in [4.78, 5) is 1.42. The Balaban J connectivity index is 2.52. The van der Waals surface area contributed by atoms with Gasteiger partial charge in [0.2, 0.25) is 0 Å². The number of unbranched alkanes of at least 4 members (excludes halogenated alkanes) is 3. The fraction of sp³-hybridized carbons (Fsp3) is 1.00. The zero-order valence-corrected chi connectivity index (χ0v) is 11.0. The second-order valence-corrected chi connectivity index (χ2v) is 5.01. The molecular weight excluding hydrogens is 254 g/mol. The molecule has 0 radical (unpaired) electrons. The van der Waals surface area contributed by atoms with Gasteiger partial charge >= 0.3 is 0 Å². The second kappa shape index (κ2) is 8.11. The van der Waals surface area contributed by atoms with Gasteiger partial charge in [0.1, 0.15) is 24.5 Å². The van der Waals surface area contributed by atoms with E-state index in [4.69, 9.17) is 5.11 Å². The average molecular weight is 279 g/mol. The molecule has 1 fully saturated rings. The molecule has 0 aromatic rings. The first kappa shape index (κ1) is 16.8. The van der Waals surface area contributed by atoms with Crippen LogP contribution in [0, 0.1) is 0 Å². The lowest BCUT2D eigenvalue weighted by Gasteiger charge is -2.46. The van der Waals surface area contributed by atoms with Gasteiger partial charge < -0.3 is 30.6 Å². The number of nitrogens with zero attached hydrogens (tertiary/aromatic N) is 1. The van der Waals surface area contributed by atoms with E-state index in [9.17, 15) is 25.5 Å². The highest BCUT2D eigenvalue weighted by molar-refractivity contribution is 4.96. The number of likely N-dealkylation sites (tertiary alicyclic amines) is 1. The van der Waals surface area contributed by atoms with E-state index in [2.05, 4.69) is 0 Å². The van der Waals surface area contributed by atoms with Crippen LogP contribution >= 0.6 is 0 Å². The van der Waals surface area contributed by atoms with Crippen LogP contribution in [0.3, 0.4) is 0 Å². The molecule has 6 N–H and O–H groups in total. The summed E-state index contributed by atoms with van der Waals surface area (Å²) >= 11 is 0. The van der Waals surface area contributed by atoms with E-state index in [1.165, 1.54) is 4.90 Å². The van der Waals surface area contributed by atoms with Gasteiger partial charge in [-0.2, -0.15) is 0 Å². The SMILES string of the molecule is OCCCCCCN1C(O)[C@H](O)[C@@H](O)[C@H](O)[C@H]1CO. The zero-order chi connectivity index (χ0) is 14.4. The summed E-state index contributed by atoms with van der Waals surface area (Å²) in [5.41, 5.74) is 0. The van der Waals surface area contributed by atoms with Crippen LogP contribution in [0.4, 0.5) is 0 Å². The van der Waals surface area contributed by atoms with Crippen molar-refractivity contribution in [1.29, 1.82) is 0 Å². The van der Waals surface area contributed by atoms with Crippen LogP contribution in [0.15, 0.2) is 0 Å². The third kappa shape index (κ3) is 4.09. The highest BCUT2D eigenvalue weighted by Gasteiger charge is 2.46. The Morgan fingerprint density at radius 2 is 1.37 bits per heavy atom. The van der Waals surface area contributed by atoms with Gasteiger partial charge in [0.25, 0.3) is 0 Å². The summed E-state index contributed by atoms with van der Waals surface area (Å²) < 4.78 is 0. The molecule has 19 heavy (non-hydrogen) atoms. The summed E-state index contributed by atoms with van der Waals surface area (Å²) in [7, 11) is 0. The lowest BCUT2D eigenvalue weighted by molar-refractivity contribution is -0.222. The van der Waals surface area contributed by atoms with Crippen molar-refractivity contribution in [3.05, 3.63) is 0 Å². The first-order valence-electron chi connectivity index (χ1n) is 6.74. The number of rotatable bonds is 7. The van der Waals surface area contributed by atoms with Crippen molar-refractivity contribution in [3.63, 3.8) is 0 Å². The van der Waals surface area contributed by atoms with Crippen molar-refractivity contribution in [1.82, 2.24) is 4.90 Å². The maximum absolute atomic E-state index is 9.88. The first-order chi connectivity index (χ1) is 9.04. The molecule has 114 valence electrons. The molecule has 0 aliphatic carbocycles. The minimum absolute atomic E-state index is 0.148. The molecule has 0 aromatic carbocycles. The summed E-state index contributed by atoms with van der Waals surface area (Å²) in [6, 6.07) is -0.786. The van der Waals surface area contributed by atoms with E-state index < -0.39 is 37.2 Å². The van der Waals surface area contributed by atoms with Gasteiger partial charge in [-0.25, -0.2) is 0 Å². The molecule has 0 saturated carbocycles. The van der Waals surface area contributed by atoms with Crippen molar-refractivity contribution < 1.29 is 30.6 Å². The average Bonchev–Trinajstić information content (AvgIpc) is 2.41. The van der Waals surface area contributed by atoms with Crippen LogP contribution in [0.25, 0.3) is 0 Å². The lowest BCUT2D eigenvalue weighted by Crippen LogP contribution is -2.67. The van der Waals surface area contributed by atoms with E-state index in [0.717, 1.165) is 19.3 Å². The standard InChI is InChI=1S/C12H25NO6/c14-6-4-2-1-3-5-13-8(7-15)9(16)10(17)11(18)12(13)19/h8-12,14-19H,1-7H2/t8-,9-,10+,11-,12?/m1/s1. The smallest absolute Gasteiger partial charge is 0.136 e. The predicted octanol–water partition coefficient (Wildman–Crippen LogP) is -2.38. The van der Waals surface area contributed by atoms with Crippen LogP contribution in [-0.4, -0.2) is 85.9 Å². The maximum atomic E-state index is 9.88. The fourth-order valence-corrected chi connectivity index (χ4v) is 2.47. The summed E-state index contributed by atoms with van der Waals surface area (Å²) in [6.07, 6.45) is -2.37. The normalized spacial score (nSPS) is 36.6. The van der Waals surface area contributed by atoms with Crippen LogP contribution in [0.5, 0.6) is 0 Å². The van der Waals surface area contributed by atoms with Crippen LogP contribution in [-0.2, 0) is 0 Å². The molecule has 7 nitrogen and oxygen atoms in total. The fourth-order valence-electron chi connectivity index (χ4n) is 2.47. The summed E-state index contributed by atoms with van der Waals surface area (Å²) in [5.74, 6) is 0. The van der Waals surface area contributed by atoms with Gasteiger partial charge in [-0.3, -0.25) is 4.90 Å². The molecule has 7 heteroatoms. The van der Waals surface area contributed by atoms with E-state index >= 15 is 0 Å². The molecule has 1 saturated heterocycles. The molecule has 0 aromatic heterocycles. The van der Waals surface area contributed by atoms with E-state index in [-0.39, 0.29) is 6.61 Å².